The first-order valence-corrected chi connectivity index (χ1v) is 5.67. The molecule has 1 fully saturated rings. The molecule has 0 saturated heterocycles. The van der Waals surface area contributed by atoms with Crippen molar-refractivity contribution in [2.24, 2.45) is 11.8 Å². The van der Waals surface area contributed by atoms with Crippen molar-refractivity contribution in [3.8, 4) is 11.6 Å². The van der Waals surface area contributed by atoms with Gasteiger partial charge in [0, 0.05) is 18.2 Å². The fourth-order valence-electron chi connectivity index (χ4n) is 1.95. The maximum Gasteiger partial charge on any atom is 0.197 e. The van der Waals surface area contributed by atoms with Crippen molar-refractivity contribution in [3.05, 3.63) is 30.2 Å². The number of nitrogens with zero attached hydrogens (tertiary/aromatic N) is 2. The first-order chi connectivity index (χ1) is 8.28. The van der Waals surface area contributed by atoms with E-state index in [9.17, 15) is 0 Å². The smallest absolute Gasteiger partial charge is 0.197 e. The van der Waals surface area contributed by atoms with Crippen LogP contribution in [0.2, 0.25) is 0 Å². The van der Waals surface area contributed by atoms with Gasteiger partial charge in [-0.3, -0.25) is 0 Å². The van der Waals surface area contributed by atoms with E-state index in [-0.39, 0.29) is 0 Å². The van der Waals surface area contributed by atoms with E-state index in [1.54, 1.807) is 12.3 Å². The Hall–Kier alpha value is -1.88. The van der Waals surface area contributed by atoms with Gasteiger partial charge in [0.25, 0.3) is 0 Å². The molecule has 88 valence electrons. The van der Waals surface area contributed by atoms with Crippen molar-refractivity contribution in [1.29, 1.82) is 0 Å². The summed E-state index contributed by atoms with van der Waals surface area (Å²) >= 11 is 0. The molecule has 0 aliphatic heterocycles. The third kappa shape index (κ3) is 1.89. The quantitative estimate of drug-likeness (QED) is 0.624. The van der Waals surface area contributed by atoms with E-state index < -0.39 is 0 Å². The normalized spacial score (nSPS) is 22.5. The molecular weight excluding hydrogens is 216 g/mol. The van der Waals surface area contributed by atoms with Crippen LogP contribution in [0.25, 0.3) is 11.6 Å². The monoisotopic (exact) mass is 230 g/mol. The highest BCUT2D eigenvalue weighted by molar-refractivity contribution is 5.50. The van der Waals surface area contributed by atoms with E-state index in [1.165, 1.54) is 6.42 Å². The third-order valence-electron chi connectivity index (χ3n) is 3.13. The summed E-state index contributed by atoms with van der Waals surface area (Å²) < 4.78 is 5.77. The summed E-state index contributed by atoms with van der Waals surface area (Å²) in [6, 6.07) is 5.63. The SMILES string of the molecule is CC1CC1c1ccc(-c2nccc(NN)n2)o1. The first kappa shape index (κ1) is 10.3. The number of furan rings is 1. The topological polar surface area (TPSA) is 77.0 Å². The molecule has 3 N–H and O–H groups in total. The Kier molecular flexibility index (Phi) is 2.33. The van der Waals surface area contributed by atoms with Gasteiger partial charge < -0.3 is 9.84 Å². The molecule has 0 radical (unpaired) electrons. The summed E-state index contributed by atoms with van der Waals surface area (Å²) in [5.41, 5.74) is 2.49. The van der Waals surface area contributed by atoms with Gasteiger partial charge in [0.2, 0.25) is 0 Å². The maximum absolute atomic E-state index is 5.77. The van der Waals surface area contributed by atoms with E-state index >= 15 is 0 Å². The van der Waals surface area contributed by atoms with Crippen LogP contribution in [0.15, 0.2) is 28.8 Å². The van der Waals surface area contributed by atoms with Crippen molar-refractivity contribution in [2.45, 2.75) is 19.3 Å². The van der Waals surface area contributed by atoms with Gasteiger partial charge in [-0.2, -0.15) is 0 Å². The van der Waals surface area contributed by atoms with Crippen LogP contribution in [-0.2, 0) is 0 Å². The number of hydrazine groups is 1. The predicted octanol–water partition coefficient (Wildman–Crippen LogP) is 2.15. The van der Waals surface area contributed by atoms with Crippen LogP contribution in [0, 0.1) is 5.92 Å². The first-order valence-electron chi connectivity index (χ1n) is 5.67. The molecule has 1 aliphatic carbocycles. The zero-order valence-electron chi connectivity index (χ0n) is 9.55. The highest BCUT2D eigenvalue weighted by atomic mass is 16.3. The number of aromatic nitrogens is 2. The average Bonchev–Trinajstić information content (AvgIpc) is 2.92. The zero-order valence-corrected chi connectivity index (χ0v) is 9.55. The zero-order chi connectivity index (χ0) is 11.8. The third-order valence-corrected chi connectivity index (χ3v) is 3.13. The molecule has 5 nitrogen and oxygen atoms in total. The fraction of sp³-hybridized carbons (Fsp3) is 0.333. The minimum atomic E-state index is 0.556. The number of nitrogen functional groups attached to an aromatic ring is 1. The van der Waals surface area contributed by atoms with Gasteiger partial charge in [-0.05, 0) is 24.5 Å². The van der Waals surface area contributed by atoms with Gasteiger partial charge in [-0.1, -0.05) is 6.92 Å². The maximum atomic E-state index is 5.77. The predicted molar refractivity (Wildman–Crippen MR) is 64.1 cm³/mol. The molecule has 2 aromatic rings. The van der Waals surface area contributed by atoms with Crippen LogP contribution < -0.4 is 11.3 Å². The van der Waals surface area contributed by atoms with Crippen molar-refractivity contribution in [3.63, 3.8) is 0 Å². The summed E-state index contributed by atoms with van der Waals surface area (Å²) in [5, 5.41) is 0. The van der Waals surface area contributed by atoms with Crippen LogP contribution >= 0.6 is 0 Å². The van der Waals surface area contributed by atoms with Gasteiger partial charge in [0.05, 0.1) is 0 Å². The highest BCUT2D eigenvalue weighted by Gasteiger charge is 2.36. The second-order valence-electron chi connectivity index (χ2n) is 4.43. The van der Waals surface area contributed by atoms with Crippen LogP contribution in [-0.4, -0.2) is 9.97 Å². The van der Waals surface area contributed by atoms with E-state index in [2.05, 4.69) is 22.3 Å². The van der Waals surface area contributed by atoms with E-state index in [1.807, 2.05) is 12.1 Å². The van der Waals surface area contributed by atoms with Gasteiger partial charge in [-0.25, -0.2) is 15.8 Å². The summed E-state index contributed by atoms with van der Waals surface area (Å²) in [6.45, 7) is 2.22. The van der Waals surface area contributed by atoms with Crippen molar-refractivity contribution in [1.82, 2.24) is 9.97 Å². The van der Waals surface area contributed by atoms with Gasteiger partial charge in [-0.15, -0.1) is 0 Å². The minimum Gasteiger partial charge on any atom is -0.457 e. The Labute approximate surface area is 99.0 Å². The molecule has 2 atom stereocenters. The van der Waals surface area contributed by atoms with Crippen LogP contribution in [0.4, 0.5) is 5.82 Å². The molecule has 1 aliphatic rings. The molecule has 0 spiro atoms. The molecule has 3 rings (SSSR count). The van der Waals surface area contributed by atoms with Crippen molar-refractivity contribution < 1.29 is 4.42 Å². The summed E-state index contributed by atoms with van der Waals surface area (Å²) in [4.78, 5) is 8.40. The van der Waals surface area contributed by atoms with Crippen molar-refractivity contribution in [2.75, 3.05) is 5.43 Å². The number of nitrogens with two attached hydrogens (primary N) is 1. The number of rotatable bonds is 3. The Bertz CT molecular complexity index is 537. The van der Waals surface area contributed by atoms with Crippen molar-refractivity contribution >= 4 is 5.82 Å². The lowest BCUT2D eigenvalue weighted by atomic mass is 10.3. The molecule has 0 aromatic carbocycles. The lowest BCUT2D eigenvalue weighted by molar-refractivity contribution is 0.515. The second-order valence-corrected chi connectivity index (χ2v) is 4.43. The number of nitrogens with one attached hydrogen (secondary N) is 1. The molecule has 2 unspecified atom stereocenters. The minimum absolute atomic E-state index is 0.556. The van der Waals surface area contributed by atoms with Crippen LogP contribution in [0.1, 0.15) is 25.0 Å². The molecule has 1 saturated carbocycles. The van der Waals surface area contributed by atoms with Gasteiger partial charge >= 0.3 is 0 Å². The lowest BCUT2D eigenvalue weighted by Crippen LogP contribution is -2.08. The Balaban J connectivity index is 1.90. The number of anilines is 1. The molecule has 2 aromatic heterocycles. The molecular formula is C12H14N4O. The summed E-state index contributed by atoms with van der Waals surface area (Å²) in [5.74, 6) is 9.46. The second kappa shape index (κ2) is 3.85. The Morgan fingerprint density at radius 1 is 1.41 bits per heavy atom. The Morgan fingerprint density at radius 3 is 2.94 bits per heavy atom. The molecule has 0 amide bonds. The molecule has 0 bridgehead atoms. The van der Waals surface area contributed by atoms with Crippen LogP contribution in [0.3, 0.4) is 0 Å². The summed E-state index contributed by atoms with van der Waals surface area (Å²) in [6.07, 6.45) is 2.86. The molecule has 17 heavy (non-hydrogen) atoms. The van der Waals surface area contributed by atoms with E-state index in [0.29, 0.717) is 23.3 Å². The molecule has 5 heteroatoms. The van der Waals surface area contributed by atoms with E-state index in [4.69, 9.17) is 10.3 Å². The van der Waals surface area contributed by atoms with E-state index in [0.717, 1.165) is 11.7 Å². The molecule has 2 heterocycles. The average molecular weight is 230 g/mol. The van der Waals surface area contributed by atoms with Crippen LogP contribution in [0.5, 0.6) is 0 Å². The summed E-state index contributed by atoms with van der Waals surface area (Å²) in [7, 11) is 0. The lowest BCUT2D eigenvalue weighted by Gasteiger charge is -2.00. The fourth-order valence-corrected chi connectivity index (χ4v) is 1.95. The van der Waals surface area contributed by atoms with Gasteiger partial charge in [0.15, 0.2) is 11.6 Å². The number of hydrogen-bond acceptors (Lipinski definition) is 5. The Morgan fingerprint density at radius 2 is 2.24 bits per heavy atom. The van der Waals surface area contributed by atoms with Gasteiger partial charge in [0.1, 0.15) is 11.6 Å². The largest absolute Gasteiger partial charge is 0.457 e. The standard InChI is InChI=1S/C12H14N4O/c1-7-6-8(7)9-2-3-10(17-9)12-14-5-4-11(15-12)16-13/h2-5,7-8H,6,13H2,1H3,(H,14,15,16). The highest BCUT2D eigenvalue weighted by Crippen LogP contribution is 2.47. The number of hydrogen-bond donors (Lipinski definition) is 2.